The van der Waals surface area contributed by atoms with Crippen molar-refractivity contribution in [1.29, 1.82) is 0 Å². The van der Waals surface area contributed by atoms with E-state index in [-0.39, 0.29) is 4.90 Å². The van der Waals surface area contributed by atoms with Gasteiger partial charge in [0.15, 0.2) is 0 Å². The molecule has 200 valence electrons. The Morgan fingerprint density at radius 3 is 2.38 bits per heavy atom. The molecular weight excluding hydrogens is 534 g/mol. The minimum absolute atomic E-state index is 0.0632. The normalized spacial score (nSPS) is 11.4. The summed E-state index contributed by atoms with van der Waals surface area (Å²) in [5, 5.41) is 4.41. The van der Waals surface area contributed by atoms with E-state index in [1.54, 1.807) is 37.3 Å². The van der Waals surface area contributed by atoms with Crippen LogP contribution in [0.25, 0.3) is 0 Å². The summed E-state index contributed by atoms with van der Waals surface area (Å²) in [5.74, 6) is -0.0264. The number of halogens is 1. The summed E-state index contributed by atoms with van der Waals surface area (Å²) >= 11 is 6.19. The molecule has 0 radical (unpaired) electrons. The van der Waals surface area contributed by atoms with Crippen molar-refractivity contribution in [2.24, 2.45) is 5.10 Å². The molecule has 4 rings (SSSR count). The molecule has 4 aromatic carbocycles. The van der Waals surface area contributed by atoms with E-state index in [0.717, 1.165) is 15.4 Å². The van der Waals surface area contributed by atoms with Gasteiger partial charge in [0.2, 0.25) is 0 Å². The van der Waals surface area contributed by atoms with Gasteiger partial charge in [-0.3, -0.25) is 9.10 Å². The Morgan fingerprint density at radius 1 is 0.949 bits per heavy atom. The average Bonchev–Trinajstić information content (AvgIpc) is 2.93. The molecule has 0 saturated carbocycles. The van der Waals surface area contributed by atoms with Gasteiger partial charge < -0.3 is 4.74 Å². The molecule has 0 spiro atoms. The van der Waals surface area contributed by atoms with Gasteiger partial charge in [0.05, 0.1) is 16.8 Å². The first-order valence-electron chi connectivity index (χ1n) is 12.2. The molecule has 0 aliphatic carbocycles. The fraction of sp³-hybridized carbons (Fsp3) is 0.133. The van der Waals surface area contributed by atoms with E-state index in [2.05, 4.69) is 10.5 Å². The van der Waals surface area contributed by atoms with Crippen molar-refractivity contribution in [1.82, 2.24) is 5.43 Å². The second-order valence-corrected chi connectivity index (χ2v) is 11.2. The molecule has 1 N–H and O–H groups in total. The maximum absolute atomic E-state index is 13.6. The summed E-state index contributed by atoms with van der Waals surface area (Å²) in [6.07, 6.45) is 1.46. The van der Waals surface area contributed by atoms with Crippen LogP contribution in [0.2, 0.25) is 5.02 Å². The molecule has 0 saturated heterocycles. The molecule has 4 aromatic rings. The quantitative estimate of drug-likeness (QED) is 0.193. The number of amides is 1. The minimum atomic E-state index is -4.08. The first kappa shape index (κ1) is 27.9. The average molecular weight is 562 g/mol. The number of hydrogen-bond acceptors (Lipinski definition) is 5. The monoisotopic (exact) mass is 561 g/mol. The first-order valence-corrected chi connectivity index (χ1v) is 14.0. The molecule has 0 heterocycles. The van der Waals surface area contributed by atoms with Gasteiger partial charge in [0, 0.05) is 10.6 Å². The number of hydrogen-bond donors (Lipinski definition) is 1. The molecule has 0 unspecified atom stereocenters. The lowest BCUT2D eigenvalue weighted by Crippen LogP contribution is -2.40. The molecule has 1 amide bonds. The van der Waals surface area contributed by atoms with Gasteiger partial charge in [0.1, 0.15) is 18.9 Å². The third-order valence-corrected chi connectivity index (χ3v) is 7.89. The van der Waals surface area contributed by atoms with Crippen molar-refractivity contribution in [3.8, 4) is 5.75 Å². The molecule has 0 atom stereocenters. The van der Waals surface area contributed by atoms with E-state index in [4.69, 9.17) is 16.3 Å². The highest BCUT2D eigenvalue weighted by Gasteiger charge is 2.28. The standard InChI is InChI=1S/C30H28ClN3O4S/c1-22-12-16-27(17-13-22)39(36,37)34(28-18-26(31)15-14-23(28)2)20-30(35)33-32-19-25-10-6-7-11-29(25)38-21-24-8-4-3-5-9-24/h3-19H,20-21H2,1-2H3,(H,33,35)/b32-19-. The third-order valence-electron chi connectivity index (χ3n) is 5.89. The minimum Gasteiger partial charge on any atom is -0.488 e. The molecule has 7 nitrogen and oxygen atoms in total. The van der Waals surface area contributed by atoms with Crippen LogP contribution in [0.4, 0.5) is 5.69 Å². The van der Waals surface area contributed by atoms with E-state index >= 15 is 0 Å². The number of ether oxygens (including phenoxy) is 1. The Balaban J connectivity index is 1.52. The number of rotatable bonds is 10. The second kappa shape index (κ2) is 12.6. The van der Waals surface area contributed by atoms with Crippen LogP contribution in [0.3, 0.4) is 0 Å². The van der Waals surface area contributed by atoms with Gasteiger partial charge >= 0.3 is 0 Å². The van der Waals surface area contributed by atoms with Crippen molar-refractivity contribution in [3.63, 3.8) is 0 Å². The molecule has 0 fully saturated rings. The molecule has 9 heteroatoms. The third kappa shape index (κ3) is 7.25. The maximum Gasteiger partial charge on any atom is 0.264 e. The molecule has 0 aromatic heterocycles. The summed E-state index contributed by atoms with van der Waals surface area (Å²) < 4.78 is 34.2. The second-order valence-electron chi connectivity index (χ2n) is 8.86. The number of para-hydroxylation sites is 1. The predicted octanol–water partition coefficient (Wildman–Crippen LogP) is 5.88. The Morgan fingerprint density at radius 2 is 1.64 bits per heavy atom. The lowest BCUT2D eigenvalue weighted by Gasteiger charge is -2.25. The van der Waals surface area contributed by atoms with Crippen LogP contribution >= 0.6 is 11.6 Å². The van der Waals surface area contributed by atoms with E-state index in [0.29, 0.717) is 34.2 Å². The van der Waals surface area contributed by atoms with Gasteiger partial charge in [0.25, 0.3) is 15.9 Å². The van der Waals surface area contributed by atoms with Gasteiger partial charge in [-0.15, -0.1) is 0 Å². The first-order chi connectivity index (χ1) is 18.7. The van der Waals surface area contributed by atoms with Crippen LogP contribution in [0.5, 0.6) is 5.75 Å². The SMILES string of the molecule is Cc1ccc(S(=O)(=O)N(CC(=O)N/N=C\c2ccccc2OCc2ccccc2)c2cc(Cl)ccc2C)cc1. The van der Waals surface area contributed by atoms with Crippen molar-refractivity contribution in [2.75, 3.05) is 10.8 Å². The Kier molecular flexibility index (Phi) is 9.01. The number of nitrogens with one attached hydrogen (secondary N) is 1. The number of anilines is 1. The van der Waals surface area contributed by atoms with Crippen molar-refractivity contribution in [2.45, 2.75) is 25.3 Å². The molecular formula is C30H28ClN3O4S. The van der Waals surface area contributed by atoms with Crippen LogP contribution in [0, 0.1) is 13.8 Å². The number of sulfonamides is 1. The summed E-state index contributed by atoms with van der Waals surface area (Å²) in [4.78, 5) is 13.0. The van der Waals surface area contributed by atoms with Crippen molar-refractivity contribution < 1.29 is 17.9 Å². The number of carbonyl (C=O) groups is 1. The van der Waals surface area contributed by atoms with E-state index in [1.165, 1.54) is 24.4 Å². The van der Waals surface area contributed by atoms with E-state index < -0.39 is 22.5 Å². The summed E-state index contributed by atoms with van der Waals surface area (Å²) in [6.45, 7) is 3.50. The summed E-state index contributed by atoms with van der Waals surface area (Å²) in [6, 6.07) is 28.4. The van der Waals surface area contributed by atoms with Crippen LogP contribution in [0.1, 0.15) is 22.3 Å². The highest BCUT2D eigenvalue weighted by atomic mass is 35.5. The smallest absolute Gasteiger partial charge is 0.264 e. The van der Waals surface area contributed by atoms with Crippen molar-refractivity contribution in [3.05, 3.63) is 124 Å². The number of benzene rings is 4. The lowest BCUT2D eigenvalue weighted by molar-refractivity contribution is -0.119. The molecule has 39 heavy (non-hydrogen) atoms. The summed E-state index contributed by atoms with van der Waals surface area (Å²) in [5.41, 5.74) is 5.98. The predicted molar refractivity (Wildman–Crippen MR) is 155 cm³/mol. The zero-order chi connectivity index (χ0) is 27.8. The topological polar surface area (TPSA) is 88.1 Å². The van der Waals surface area contributed by atoms with Crippen LogP contribution < -0.4 is 14.5 Å². The fourth-order valence-corrected chi connectivity index (χ4v) is 5.43. The Hall–Kier alpha value is -4.14. The molecule has 0 aliphatic heterocycles. The number of aryl methyl sites for hydroxylation is 2. The van der Waals surface area contributed by atoms with Crippen LogP contribution in [-0.2, 0) is 21.4 Å². The Labute approximate surface area is 233 Å². The van der Waals surface area contributed by atoms with E-state index in [9.17, 15) is 13.2 Å². The van der Waals surface area contributed by atoms with Gasteiger partial charge in [-0.1, -0.05) is 77.8 Å². The molecule has 0 aliphatic rings. The van der Waals surface area contributed by atoms with Crippen LogP contribution in [0.15, 0.2) is 107 Å². The number of hydrazone groups is 1. The zero-order valence-corrected chi connectivity index (χ0v) is 23.1. The number of nitrogens with zero attached hydrogens (tertiary/aromatic N) is 2. The largest absolute Gasteiger partial charge is 0.488 e. The van der Waals surface area contributed by atoms with E-state index in [1.807, 2.05) is 55.5 Å². The Bertz CT molecular complexity index is 1570. The lowest BCUT2D eigenvalue weighted by atomic mass is 10.2. The van der Waals surface area contributed by atoms with Crippen molar-refractivity contribution >= 4 is 39.4 Å². The highest BCUT2D eigenvalue weighted by molar-refractivity contribution is 7.92. The fourth-order valence-electron chi connectivity index (χ4n) is 3.78. The van der Waals surface area contributed by atoms with Gasteiger partial charge in [-0.2, -0.15) is 5.10 Å². The van der Waals surface area contributed by atoms with Crippen LogP contribution in [-0.4, -0.2) is 27.1 Å². The van der Waals surface area contributed by atoms with Gasteiger partial charge in [-0.25, -0.2) is 13.8 Å². The summed E-state index contributed by atoms with van der Waals surface area (Å²) in [7, 11) is -4.08. The number of carbonyl (C=O) groups excluding carboxylic acids is 1. The maximum atomic E-state index is 13.6. The highest BCUT2D eigenvalue weighted by Crippen LogP contribution is 2.29. The molecule has 0 bridgehead atoms. The zero-order valence-electron chi connectivity index (χ0n) is 21.5. The van der Waals surface area contributed by atoms with Gasteiger partial charge in [-0.05, 0) is 61.4 Å².